The zero-order valence-corrected chi connectivity index (χ0v) is 17.5. The normalized spacial score (nSPS) is 19.7. The lowest BCUT2D eigenvalue weighted by atomic mass is 9.70. The number of rotatable bonds is 9. The smallest absolute Gasteiger partial charge is 0.0295 e. The van der Waals surface area contributed by atoms with Gasteiger partial charge in [0.2, 0.25) is 0 Å². The number of hydrogen-bond acceptors (Lipinski definition) is 0. The zero-order valence-electron chi connectivity index (χ0n) is 17.5. The Balaban J connectivity index is 0.000000515. The van der Waals surface area contributed by atoms with Crippen LogP contribution in [0.2, 0.25) is 0 Å². The van der Waals surface area contributed by atoms with Crippen LogP contribution in [-0.2, 0) is 0 Å². The Morgan fingerprint density at radius 3 is 2.04 bits per heavy atom. The molecule has 138 valence electrons. The number of allylic oxidation sites excluding steroid dienone is 2. The fourth-order valence-electron chi connectivity index (χ4n) is 4.28. The summed E-state index contributed by atoms with van der Waals surface area (Å²) in [7, 11) is 0. The molecule has 0 bridgehead atoms. The molecule has 0 aromatic carbocycles. The van der Waals surface area contributed by atoms with Crippen molar-refractivity contribution in [1.82, 2.24) is 0 Å². The fraction of sp³-hybridized carbons (Fsp3) is 0.913. The highest BCUT2D eigenvalue weighted by Gasteiger charge is 2.34. The maximum atomic E-state index is 2.54. The maximum absolute atomic E-state index is 2.54. The standard InChI is InChI=1S/C15H28.C8H18/c1-4-6-9-13-15(3,12-5-2)14-10-7-8-11-14;1-5-8(4)6-7(2)3/h4,6,14H,5,7-13H2,1-3H3;7-8H,5-6H2,1-4H3/b6-4+;. The van der Waals surface area contributed by atoms with Crippen LogP contribution in [0.4, 0.5) is 0 Å². The molecule has 0 aromatic heterocycles. The van der Waals surface area contributed by atoms with Crippen LogP contribution in [0.5, 0.6) is 0 Å². The molecule has 1 saturated carbocycles. The lowest BCUT2D eigenvalue weighted by Gasteiger charge is -2.35. The van der Waals surface area contributed by atoms with E-state index in [-0.39, 0.29) is 0 Å². The van der Waals surface area contributed by atoms with E-state index in [1.807, 2.05) is 0 Å². The highest BCUT2D eigenvalue weighted by atomic mass is 14.4. The highest BCUT2D eigenvalue weighted by molar-refractivity contribution is 4.88. The van der Waals surface area contributed by atoms with Crippen LogP contribution < -0.4 is 0 Å². The molecule has 0 aliphatic heterocycles. The first-order valence-electron chi connectivity index (χ1n) is 10.5. The molecule has 0 aromatic rings. The second-order valence-electron chi connectivity index (χ2n) is 8.64. The Bertz CT molecular complexity index is 282. The molecule has 0 heteroatoms. The molecular weight excluding hydrogens is 276 g/mol. The first-order chi connectivity index (χ1) is 10.9. The predicted molar refractivity (Wildman–Crippen MR) is 108 cm³/mol. The Morgan fingerprint density at radius 1 is 1.04 bits per heavy atom. The second kappa shape index (κ2) is 13.1. The van der Waals surface area contributed by atoms with Gasteiger partial charge in [-0.1, -0.05) is 79.4 Å². The average Bonchev–Trinajstić information content (AvgIpc) is 3.02. The van der Waals surface area contributed by atoms with Gasteiger partial charge in [0.05, 0.1) is 0 Å². The van der Waals surface area contributed by atoms with Crippen molar-refractivity contribution in [2.24, 2.45) is 23.2 Å². The Morgan fingerprint density at radius 2 is 1.65 bits per heavy atom. The van der Waals surface area contributed by atoms with Gasteiger partial charge in [-0.15, -0.1) is 0 Å². The summed E-state index contributed by atoms with van der Waals surface area (Å²) >= 11 is 0. The summed E-state index contributed by atoms with van der Waals surface area (Å²) in [6, 6.07) is 0. The minimum Gasteiger partial charge on any atom is -0.0917 e. The minimum absolute atomic E-state index is 0.630. The number of hydrogen-bond donors (Lipinski definition) is 0. The zero-order chi connectivity index (χ0) is 17.7. The first-order valence-corrected chi connectivity index (χ1v) is 10.5. The molecule has 1 aliphatic carbocycles. The van der Waals surface area contributed by atoms with Crippen molar-refractivity contribution in [3.63, 3.8) is 0 Å². The van der Waals surface area contributed by atoms with E-state index in [0.29, 0.717) is 5.41 Å². The lowest BCUT2D eigenvalue weighted by molar-refractivity contribution is 0.156. The highest BCUT2D eigenvalue weighted by Crippen LogP contribution is 2.45. The molecular formula is C23H46. The lowest BCUT2D eigenvalue weighted by Crippen LogP contribution is -2.25. The van der Waals surface area contributed by atoms with Gasteiger partial charge in [0.25, 0.3) is 0 Å². The Hall–Kier alpha value is -0.260. The van der Waals surface area contributed by atoms with E-state index in [1.165, 1.54) is 64.2 Å². The molecule has 0 N–H and O–H groups in total. The van der Waals surface area contributed by atoms with Crippen molar-refractivity contribution in [2.45, 2.75) is 113 Å². The van der Waals surface area contributed by atoms with Crippen LogP contribution >= 0.6 is 0 Å². The maximum Gasteiger partial charge on any atom is -0.0295 e. The van der Waals surface area contributed by atoms with Crippen molar-refractivity contribution in [3.05, 3.63) is 12.2 Å². The molecule has 0 spiro atoms. The van der Waals surface area contributed by atoms with Crippen LogP contribution in [0, 0.1) is 23.2 Å². The third-order valence-corrected chi connectivity index (χ3v) is 5.85. The minimum atomic E-state index is 0.630. The molecule has 0 saturated heterocycles. The van der Waals surface area contributed by atoms with Crippen molar-refractivity contribution < 1.29 is 0 Å². The van der Waals surface area contributed by atoms with Gasteiger partial charge in [-0.3, -0.25) is 0 Å². The van der Waals surface area contributed by atoms with Crippen LogP contribution in [0.25, 0.3) is 0 Å². The quantitative estimate of drug-likeness (QED) is 0.374. The monoisotopic (exact) mass is 322 g/mol. The molecule has 0 heterocycles. The van der Waals surface area contributed by atoms with Crippen molar-refractivity contribution in [1.29, 1.82) is 0 Å². The summed E-state index contributed by atoms with van der Waals surface area (Å²) in [5.41, 5.74) is 0.630. The summed E-state index contributed by atoms with van der Waals surface area (Å²) in [4.78, 5) is 0. The topological polar surface area (TPSA) is 0 Å². The molecule has 1 rings (SSSR count). The SMILES string of the molecule is C/C=C/CCC(C)(CCC)C1CCCC1.CCC(C)CC(C)C. The van der Waals surface area contributed by atoms with E-state index in [0.717, 1.165) is 17.8 Å². The third-order valence-electron chi connectivity index (χ3n) is 5.85. The van der Waals surface area contributed by atoms with E-state index in [1.54, 1.807) is 0 Å². The summed E-state index contributed by atoms with van der Waals surface area (Å²) in [6.45, 7) is 16.1. The molecule has 2 unspecified atom stereocenters. The summed E-state index contributed by atoms with van der Waals surface area (Å²) in [6.07, 6.45) is 18.6. The summed E-state index contributed by atoms with van der Waals surface area (Å²) < 4.78 is 0. The van der Waals surface area contributed by atoms with Gasteiger partial charge in [0.1, 0.15) is 0 Å². The van der Waals surface area contributed by atoms with Crippen LogP contribution in [0.1, 0.15) is 113 Å². The second-order valence-corrected chi connectivity index (χ2v) is 8.64. The molecule has 1 fully saturated rings. The van der Waals surface area contributed by atoms with Gasteiger partial charge < -0.3 is 0 Å². The van der Waals surface area contributed by atoms with Crippen LogP contribution in [0.3, 0.4) is 0 Å². The largest absolute Gasteiger partial charge is 0.0917 e. The van der Waals surface area contributed by atoms with E-state index in [2.05, 4.69) is 60.6 Å². The van der Waals surface area contributed by atoms with E-state index >= 15 is 0 Å². The molecule has 2 atom stereocenters. The van der Waals surface area contributed by atoms with E-state index < -0.39 is 0 Å². The van der Waals surface area contributed by atoms with Crippen molar-refractivity contribution in [2.75, 3.05) is 0 Å². The Kier molecular flexibility index (Phi) is 12.9. The fourth-order valence-corrected chi connectivity index (χ4v) is 4.28. The van der Waals surface area contributed by atoms with Gasteiger partial charge in [0, 0.05) is 0 Å². The van der Waals surface area contributed by atoms with Gasteiger partial charge in [-0.2, -0.15) is 0 Å². The average molecular weight is 323 g/mol. The molecule has 0 nitrogen and oxygen atoms in total. The van der Waals surface area contributed by atoms with Crippen LogP contribution in [0.15, 0.2) is 12.2 Å². The summed E-state index contributed by atoms with van der Waals surface area (Å²) in [5.74, 6) is 2.82. The van der Waals surface area contributed by atoms with Gasteiger partial charge in [-0.05, 0) is 68.6 Å². The van der Waals surface area contributed by atoms with Crippen molar-refractivity contribution in [3.8, 4) is 0 Å². The van der Waals surface area contributed by atoms with Gasteiger partial charge >= 0.3 is 0 Å². The third kappa shape index (κ3) is 10.3. The van der Waals surface area contributed by atoms with Crippen LogP contribution in [-0.4, -0.2) is 0 Å². The van der Waals surface area contributed by atoms with Gasteiger partial charge in [-0.25, -0.2) is 0 Å². The molecule has 0 radical (unpaired) electrons. The predicted octanol–water partition coefficient (Wildman–Crippen LogP) is 8.42. The Labute approximate surface area is 148 Å². The molecule has 1 aliphatic rings. The van der Waals surface area contributed by atoms with Gasteiger partial charge in [0.15, 0.2) is 0 Å². The van der Waals surface area contributed by atoms with E-state index in [9.17, 15) is 0 Å². The molecule has 23 heavy (non-hydrogen) atoms. The molecule has 0 amide bonds. The first kappa shape index (κ1) is 22.7. The van der Waals surface area contributed by atoms with E-state index in [4.69, 9.17) is 0 Å². The summed E-state index contributed by atoms with van der Waals surface area (Å²) in [5, 5.41) is 0. The van der Waals surface area contributed by atoms with Crippen molar-refractivity contribution >= 4 is 0 Å².